The first-order valence-electron chi connectivity index (χ1n) is 2.40. The molecule has 0 aromatic rings. The molecule has 0 fully saturated rings. The third-order valence-corrected chi connectivity index (χ3v) is 7.90. The van der Waals surface area contributed by atoms with Crippen molar-refractivity contribution in [2.24, 2.45) is 0 Å². The summed E-state index contributed by atoms with van der Waals surface area (Å²) in [6.45, 7) is 7.03. The van der Waals surface area contributed by atoms with Crippen molar-refractivity contribution in [2.45, 2.75) is 25.3 Å². The highest BCUT2D eigenvalue weighted by Gasteiger charge is 2.01. The molecule has 0 saturated heterocycles. The van der Waals surface area contributed by atoms with Crippen molar-refractivity contribution >= 4 is 31.5 Å². The van der Waals surface area contributed by atoms with Crippen molar-refractivity contribution in [1.29, 1.82) is 0 Å². The Morgan fingerprint density at radius 1 is 1.29 bits per heavy atom. The van der Waals surface area contributed by atoms with Gasteiger partial charge in [0.1, 0.15) is 7.42 Å². The molecule has 42 valence electrons. The van der Waals surface area contributed by atoms with E-state index < -0.39 is 0 Å². The van der Waals surface area contributed by atoms with E-state index in [1.54, 1.807) is 0 Å². The molecule has 0 amide bonds. The molecule has 0 aromatic heterocycles. The molecule has 0 N–H and O–H groups in total. The number of hydrogen-bond donors (Lipinski definition) is 0. The van der Waals surface area contributed by atoms with Crippen LogP contribution in [-0.4, -0.2) is 16.2 Å². The summed E-state index contributed by atoms with van der Waals surface area (Å²) < 4.78 is 0. The van der Waals surface area contributed by atoms with Gasteiger partial charge in [-0.15, -0.1) is 15.3 Å². The zero-order valence-corrected chi connectivity index (χ0v) is 8.67. The van der Waals surface area contributed by atoms with Gasteiger partial charge in [-0.25, -0.2) is 0 Å². The van der Waals surface area contributed by atoms with Crippen LogP contribution >= 0.6 is 15.3 Å². The fraction of sp³-hybridized carbons (Fsp3) is 1.00. The molecule has 0 rings (SSSR count). The van der Waals surface area contributed by atoms with Crippen molar-refractivity contribution < 1.29 is 0 Å². The fourth-order valence-corrected chi connectivity index (χ4v) is 9.43. The normalized spacial score (nSPS) is 11.1. The van der Waals surface area contributed by atoms with Crippen molar-refractivity contribution in [3.8, 4) is 0 Å². The van der Waals surface area contributed by atoms with Crippen LogP contribution in [0.2, 0.25) is 25.3 Å². The second-order valence-corrected chi connectivity index (χ2v) is 11.3. The first-order chi connectivity index (χ1) is 3.13. The van der Waals surface area contributed by atoms with Crippen LogP contribution in [0.5, 0.6) is 0 Å². The second kappa shape index (κ2) is 3.86. The van der Waals surface area contributed by atoms with Crippen LogP contribution in [0.4, 0.5) is 0 Å². The largest absolute Gasteiger partial charge is 0.129 e. The monoisotopic (exact) mass is 194 g/mol. The molecule has 0 unspecified atom stereocenters. The summed E-state index contributed by atoms with van der Waals surface area (Å²) in [4.78, 5) is 0. The molecule has 7 heavy (non-hydrogen) atoms. The average Bonchev–Trinajstić information content (AvgIpc) is 1.27. The summed E-state index contributed by atoms with van der Waals surface area (Å²) in [5, 5.41) is 0. The average molecular weight is 195 g/mol. The van der Waals surface area contributed by atoms with Gasteiger partial charge in [-0.05, 0) is 0 Å². The smallest absolute Gasteiger partial charge is 0.129 e. The van der Waals surface area contributed by atoms with E-state index in [-0.39, 0.29) is 16.2 Å². The van der Waals surface area contributed by atoms with E-state index in [0.29, 0.717) is 0 Å². The Kier molecular flexibility index (Phi) is 4.36. The van der Waals surface area contributed by atoms with Gasteiger partial charge in [0.15, 0.2) is 0 Å². The van der Waals surface area contributed by atoms with Crippen LogP contribution in [-0.2, 0) is 0 Å². The van der Waals surface area contributed by atoms with Crippen molar-refractivity contribution in [3.63, 3.8) is 0 Å². The van der Waals surface area contributed by atoms with Crippen LogP contribution in [0.3, 0.4) is 0 Å². The summed E-state index contributed by atoms with van der Waals surface area (Å²) in [7, 11) is -0.0122. The lowest BCUT2D eigenvalue weighted by molar-refractivity contribution is 1.78. The maximum atomic E-state index is 3.60. The Morgan fingerprint density at radius 3 is 1.71 bits per heavy atom. The highest BCUT2D eigenvalue weighted by atomic mass is 79.9. The first kappa shape index (κ1) is 7.91. The van der Waals surface area contributed by atoms with Gasteiger partial charge in [0.05, 0.1) is 0 Å². The molecule has 0 heterocycles. The molecule has 0 spiro atoms. The van der Waals surface area contributed by atoms with E-state index in [1.165, 1.54) is 5.67 Å². The zero-order chi connectivity index (χ0) is 5.86. The molecule has 0 aliphatic rings. The molecule has 0 atom stereocenters. The standard InChI is InChI=1S/C4H11BrSi2/c1-6(2)4-7(3)5/h4H2,1-3H3. The lowest BCUT2D eigenvalue weighted by atomic mass is 11.8. The Labute approximate surface area is 57.1 Å². The molecule has 0 aromatic carbocycles. The van der Waals surface area contributed by atoms with E-state index in [0.717, 1.165) is 0 Å². The van der Waals surface area contributed by atoms with E-state index in [9.17, 15) is 0 Å². The lowest BCUT2D eigenvalue weighted by Crippen LogP contribution is -2.08. The van der Waals surface area contributed by atoms with Gasteiger partial charge in [0, 0.05) is 8.80 Å². The SMILES string of the molecule is C[Si](C)C[Si](C)Br. The number of hydrogen-bond acceptors (Lipinski definition) is 0. The van der Waals surface area contributed by atoms with Crippen LogP contribution in [0.1, 0.15) is 0 Å². The van der Waals surface area contributed by atoms with Gasteiger partial charge in [0.2, 0.25) is 0 Å². The second-order valence-electron chi connectivity index (χ2n) is 2.06. The summed E-state index contributed by atoms with van der Waals surface area (Å²) in [6, 6.07) is 0. The third-order valence-electron chi connectivity index (χ3n) is 0.597. The molecule has 0 aliphatic heterocycles. The van der Waals surface area contributed by atoms with Crippen LogP contribution in [0.15, 0.2) is 0 Å². The Hall–Kier alpha value is 0.914. The Balaban J connectivity index is 2.95. The molecular weight excluding hydrogens is 184 g/mol. The highest BCUT2D eigenvalue weighted by molar-refractivity contribution is 9.24. The zero-order valence-electron chi connectivity index (χ0n) is 5.09. The van der Waals surface area contributed by atoms with Crippen LogP contribution in [0, 0.1) is 0 Å². The minimum atomic E-state index is -0.0764. The van der Waals surface area contributed by atoms with Gasteiger partial charge < -0.3 is 0 Å². The predicted molar refractivity (Wildman–Crippen MR) is 42.8 cm³/mol. The van der Waals surface area contributed by atoms with Gasteiger partial charge in [0.25, 0.3) is 0 Å². The topological polar surface area (TPSA) is 0 Å². The predicted octanol–water partition coefficient (Wildman–Crippen LogP) is 2.30. The Morgan fingerprint density at radius 2 is 1.71 bits per heavy atom. The molecule has 3 heteroatoms. The lowest BCUT2D eigenvalue weighted by Gasteiger charge is -1.99. The molecular formula is C4H11BrSi2. The minimum Gasteiger partial charge on any atom is -0.129 e. The summed E-state index contributed by atoms with van der Waals surface area (Å²) in [5.41, 5.74) is 1.48. The van der Waals surface area contributed by atoms with Crippen LogP contribution < -0.4 is 0 Å². The van der Waals surface area contributed by atoms with Gasteiger partial charge in [-0.3, -0.25) is 0 Å². The first-order valence-corrected chi connectivity index (χ1v) is 9.57. The molecule has 0 bridgehead atoms. The highest BCUT2D eigenvalue weighted by Crippen LogP contribution is 2.02. The third kappa shape index (κ3) is 6.91. The van der Waals surface area contributed by atoms with Gasteiger partial charge in [-0.1, -0.05) is 25.3 Å². The Bertz CT molecular complexity index is 39.0. The van der Waals surface area contributed by atoms with E-state index in [1.807, 2.05) is 0 Å². The quantitative estimate of drug-likeness (QED) is 0.468. The molecule has 0 saturated carbocycles. The van der Waals surface area contributed by atoms with Crippen molar-refractivity contribution in [2.75, 3.05) is 0 Å². The molecule has 0 aliphatic carbocycles. The van der Waals surface area contributed by atoms with E-state index in [4.69, 9.17) is 0 Å². The van der Waals surface area contributed by atoms with Crippen LogP contribution in [0.25, 0.3) is 0 Å². The summed E-state index contributed by atoms with van der Waals surface area (Å²) >= 11 is 3.60. The molecule has 2 radical (unpaired) electrons. The summed E-state index contributed by atoms with van der Waals surface area (Å²) in [5.74, 6) is 0. The fourth-order valence-electron chi connectivity index (χ4n) is 0.487. The maximum Gasteiger partial charge on any atom is 0.129 e. The van der Waals surface area contributed by atoms with Gasteiger partial charge >= 0.3 is 0 Å². The van der Waals surface area contributed by atoms with Gasteiger partial charge in [-0.2, -0.15) is 0 Å². The summed E-state index contributed by atoms with van der Waals surface area (Å²) in [6.07, 6.45) is 0. The number of rotatable bonds is 2. The van der Waals surface area contributed by atoms with Crippen molar-refractivity contribution in [1.82, 2.24) is 0 Å². The van der Waals surface area contributed by atoms with E-state index >= 15 is 0 Å². The molecule has 0 nitrogen and oxygen atoms in total. The minimum absolute atomic E-state index is 0.0642. The maximum absolute atomic E-state index is 3.60. The van der Waals surface area contributed by atoms with Crippen molar-refractivity contribution in [3.05, 3.63) is 0 Å². The van der Waals surface area contributed by atoms with E-state index in [2.05, 4.69) is 34.9 Å². The number of halogens is 1.